The summed E-state index contributed by atoms with van der Waals surface area (Å²) in [5.74, 6) is -0.419. The van der Waals surface area contributed by atoms with Crippen LogP contribution in [-0.4, -0.2) is 25.7 Å². The van der Waals surface area contributed by atoms with Crippen molar-refractivity contribution < 1.29 is 15.0 Å². The zero-order valence-electron chi connectivity index (χ0n) is 13.9. The molecule has 6 nitrogen and oxygen atoms in total. The lowest BCUT2D eigenvalue weighted by atomic mass is 10.2. The first-order chi connectivity index (χ1) is 12.5. The number of fused-ring (bicyclic) bond motifs is 1. The third-order valence-electron chi connectivity index (χ3n) is 4.19. The van der Waals surface area contributed by atoms with Gasteiger partial charge in [-0.3, -0.25) is 4.57 Å². The molecule has 1 aromatic heterocycles. The van der Waals surface area contributed by atoms with Crippen molar-refractivity contribution in [2.45, 2.75) is 6.92 Å². The van der Waals surface area contributed by atoms with Crippen molar-refractivity contribution in [3.05, 3.63) is 81.9 Å². The van der Waals surface area contributed by atoms with Crippen LogP contribution in [0.3, 0.4) is 0 Å². The van der Waals surface area contributed by atoms with Gasteiger partial charge in [0.25, 0.3) is 0 Å². The van der Waals surface area contributed by atoms with Gasteiger partial charge in [0.2, 0.25) is 5.88 Å². The number of aromatic carboxylic acids is 1. The number of hydrogen-bond donors (Lipinski definition) is 2. The highest BCUT2D eigenvalue weighted by atomic mass is 16.4. The van der Waals surface area contributed by atoms with E-state index in [-0.39, 0.29) is 11.4 Å². The molecule has 4 rings (SSSR count). The number of aryl methyl sites for hydroxylation is 1. The minimum absolute atomic E-state index is 0.0161. The number of benzene rings is 2. The predicted molar refractivity (Wildman–Crippen MR) is 96.6 cm³/mol. The quantitative estimate of drug-likeness (QED) is 0.760. The second kappa shape index (κ2) is 6.00. The molecule has 0 saturated heterocycles. The molecular weight excluding hydrogens is 330 g/mol. The number of aromatic hydroxyl groups is 1. The number of nitrogens with zero attached hydrogens (tertiary/aromatic N) is 3. The Labute approximate surface area is 148 Å². The van der Waals surface area contributed by atoms with Gasteiger partial charge in [-0.2, -0.15) is 0 Å². The molecule has 2 aromatic carbocycles. The minimum Gasteiger partial charge on any atom is -0.493 e. The van der Waals surface area contributed by atoms with Gasteiger partial charge in [0, 0.05) is 5.22 Å². The first-order valence-corrected chi connectivity index (χ1v) is 8.02. The van der Waals surface area contributed by atoms with Gasteiger partial charge in [0.05, 0.1) is 22.3 Å². The Morgan fingerprint density at radius 2 is 1.85 bits per heavy atom. The summed E-state index contributed by atoms with van der Waals surface area (Å²) in [4.78, 5) is 19.9. The summed E-state index contributed by atoms with van der Waals surface area (Å²) >= 11 is 0. The van der Waals surface area contributed by atoms with E-state index in [1.54, 1.807) is 29.7 Å². The summed E-state index contributed by atoms with van der Waals surface area (Å²) < 4.78 is 1.57. The lowest BCUT2D eigenvalue weighted by molar-refractivity contribution is 0.0697. The second-order valence-electron chi connectivity index (χ2n) is 5.94. The van der Waals surface area contributed by atoms with E-state index in [4.69, 9.17) is 5.11 Å². The highest BCUT2D eigenvalue weighted by Crippen LogP contribution is 2.26. The van der Waals surface area contributed by atoms with Crippen molar-refractivity contribution in [3.8, 4) is 11.6 Å². The fourth-order valence-electron chi connectivity index (χ4n) is 2.96. The average Bonchev–Trinajstić information content (AvgIpc) is 3.15. The summed E-state index contributed by atoms with van der Waals surface area (Å²) in [5, 5.41) is 21.5. The summed E-state index contributed by atoms with van der Waals surface area (Å²) in [7, 11) is 0. The van der Waals surface area contributed by atoms with Crippen LogP contribution >= 0.6 is 0 Å². The number of imidazole rings is 1. The molecule has 0 amide bonds. The summed E-state index contributed by atoms with van der Waals surface area (Å²) in [5.41, 5.74) is 1.95. The molecule has 1 aliphatic heterocycles. The van der Waals surface area contributed by atoms with Crippen molar-refractivity contribution in [2.24, 2.45) is 4.99 Å². The third kappa shape index (κ3) is 2.67. The van der Waals surface area contributed by atoms with Crippen LogP contribution in [0.1, 0.15) is 21.9 Å². The predicted octanol–water partition coefficient (Wildman–Crippen LogP) is 2.04. The van der Waals surface area contributed by atoms with E-state index in [1.165, 1.54) is 12.1 Å². The van der Waals surface area contributed by atoms with Crippen molar-refractivity contribution >= 4 is 18.1 Å². The maximum Gasteiger partial charge on any atom is 0.335 e. The van der Waals surface area contributed by atoms with Crippen molar-refractivity contribution in [1.82, 2.24) is 9.55 Å². The Kier molecular flexibility index (Phi) is 3.65. The maximum absolute atomic E-state index is 11.0. The van der Waals surface area contributed by atoms with Crippen LogP contribution < -0.4 is 10.6 Å². The summed E-state index contributed by atoms with van der Waals surface area (Å²) in [6, 6.07) is 14.0. The van der Waals surface area contributed by atoms with Crippen molar-refractivity contribution in [2.75, 3.05) is 0 Å². The van der Waals surface area contributed by atoms with Crippen molar-refractivity contribution in [3.63, 3.8) is 0 Å². The van der Waals surface area contributed by atoms with Crippen LogP contribution in [0.15, 0.2) is 59.2 Å². The number of carboxylic acids is 1. The van der Waals surface area contributed by atoms with Crippen LogP contribution in [0.25, 0.3) is 17.8 Å². The smallest absolute Gasteiger partial charge is 0.335 e. The molecule has 128 valence electrons. The second-order valence-corrected chi connectivity index (χ2v) is 5.94. The Morgan fingerprint density at radius 1 is 1.12 bits per heavy atom. The number of aromatic nitrogens is 2. The first kappa shape index (κ1) is 15.8. The molecule has 6 heteroatoms. The first-order valence-electron chi connectivity index (χ1n) is 8.02. The van der Waals surface area contributed by atoms with E-state index >= 15 is 0 Å². The van der Waals surface area contributed by atoms with Gasteiger partial charge in [-0.15, -0.1) is 0 Å². The van der Waals surface area contributed by atoms with Crippen LogP contribution in [0.2, 0.25) is 0 Å². The highest BCUT2D eigenvalue weighted by Gasteiger charge is 2.15. The van der Waals surface area contributed by atoms with Gasteiger partial charge in [0.1, 0.15) is 11.5 Å². The van der Waals surface area contributed by atoms with Gasteiger partial charge in [-0.25, -0.2) is 14.8 Å². The van der Waals surface area contributed by atoms with Gasteiger partial charge in [-0.1, -0.05) is 18.2 Å². The van der Waals surface area contributed by atoms with Crippen LogP contribution in [0.5, 0.6) is 5.88 Å². The number of rotatable bonds is 3. The van der Waals surface area contributed by atoms with Crippen molar-refractivity contribution in [1.29, 1.82) is 0 Å². The van der Waals surface area contributed by atoms with E-state index in [0.29, 0.717) is 22.9 Å². The van der Waals surface area contributed by atoms with Crippen LogP contribution in [-0.2, 0) is 0 Å². The SMILES string of the molecule is Cc1nc(/C=C2\C=c3ccccc3=N2)c(O)n1-c1ccc(C(=O)O)cc1. The molecule has 0 aliphatic carbocycles. The topological polar surface area (TPSA) is 87.7 Å². The molecule has 2 N–H and O–H groups in total. The van der Waals surface area contributed by atoms with Gasteiger partial charge in [-0.05, 0) is 49.4 Å². The zero-order valence-corrected chi connectivity index (χ0v) is 13.9. The molecule has 0 spiro atoms. The zero-order chi connectivity index (χ0) is 18.3. The average molecular weight is 345 g/mol. The molecule has 0 bridgehead atoms. The van der Waals surface area contributed by atoms with Gasteiger partial charge < -0.3 is 10.2 Å². The number of carboxylic acid groups (broad SMARTS) is 1. The lowest BCUT2D eigenvalue weighted by Gasteiger charge is -2.06. The minimum atomic E-state index is -0.994. The standard InChI is InChI=1S/C20H15N3O3/c1-12-21-18(11-15-10-14-4-2-3-5-17(14)22-15)19(24)23(12)16-8-6-13(7-9-16)20(25)26/h2-11,24H,1H3,(H,25,26)/b15-11+. The molecule has 0 fully saturated rings. The monoisotopic (exact) mass is 345 g/mol. The molecular formula is C20H15N3O3. The Balaban J connectivity index is 1.75. The van der Waals surface area contributed by atoms with E-state index in [0.717, 1.165) is 10.6 Å². The molecule has 0 saturated carbocycles. The molecule has 0 radical (unpaired) electrons. The maximum atomic E-state index is 11.0. The molecule has 26 heavy (non-hydrogen) atoms. The van der Waals surface area contributed by atoms with E-state index in [2.05, 4.69) is 9.98 Å². The van der Waals surface area contributed by atoms with Gasteiger partial charge >= 0.3 is 5.97 Å². The number of para-hydroxylation sites is 1. The van der Waals surface area contributed by atoms with E-state index < -0.39 is 5.97 Å². The summed E-state index contributed by atoms with van der Waals surface area (Å²) in [6.07, 6.45) is 3.66. The lowest BCUT2D eigenvalue weighted by Crippen LogP contribution is -2.19. The molecule has 3 aromatic rings. The Hall–Kier alpha value is -3.67. The molecule has 0 unspecified atom stereocenters. The Bertz CT molecular complexity index is 1140. The molecule has 0 atom stereocenters. The largest absolute Gasteiger partial charge is 0.493 e. The van der Waals surface area contributed by atoms with E-state index in [1.807, 2.05) is 30.3 Å². The molecule has 1 aliphatic rings. The highest BCUT2D eigenvalue weighted by molar-refractivity contribution is 5.87. The number of carbonyl (C=O) groups is 1. The molecule has 2 heterocycles. The van der Waals surface area contributed by atoms with Crippen LogP contribution in [0, 0.1) is 6.92 Å². The third-order valence-corrected chi connectivity index (χ3v) is 4.19. The summed E-state index contributed by atoms with van der Waals surface area (Å²) in [6.45, 7) is 1.77. The normalized spacial score (nSPS) is 14.0. The fraction of sp³-hybridized carbons (Fsp3) is 0.0500. The van der Waals surface area contributed by atoms with E-state index in [9.17, 15) is 9.90 Å². The fourth-order valence-corrected chi connectivity index (χ4v) is 2.96. The Morgan fingerprint density at radius 3 is 2.54 bits per heavy atom. The number of hydrogen-bond acceptors (Lipinski definition) is 4. The number of allylic oxidation sites excluding steroid dienone is 1. The van der Waals surface area contributed by atoms with Crippen LogP contribution in [0.4, 0.5) is 0 Å². The van der Waals surface area contributed by atoms with Gasteiger partial charge in [0.15, 0.2) is 0 Å².